The maximum atomic E-state index is 13.5. The third kappa shape index (κ3) is 12.9. The number of anilines is 1. The summed E-state index contributed by atoms with van der Waals surface area (Å²) in [6.07, 6.45) is 4.49. The van der Waals surface area contributed by atoms with Crippen LogP contribution in [0.15, 0.2) is 68.6 Å². The van der Waals surface area contributed by atoms with E-state index in [-0.39, 0.29) is 58.8 Å². The monoisotopic (exact) mass is 1140 g/mol. The minimum Gasteiger partial charge on any atom is -0.493 e. The van der Waals surface area contributed by atoms with Gasteiger partial charge in [0.1, 0.15) is 23.4 Å². The summed E-state index contributed by atoms with van der Waals surface area (Å²) < 4.78 is 50.5. The van der Waals surface area contributed by atoms with Gasteiger partial charge < -0.3 is 28.9 Å². The van der Waals surface area contributed by atoms with Gasteiger partial charge in [0.25, 0.3) is 5.56 Å². The fraction of sp³-hybridized carbons (Fsp3) is 0.455. The molecule has 1 atom stereocenters. The molecule has 3 aliphatic heterocycles. The van der Waals surface area contributed by atoms with E-state index in [0.717, 1.165) is 35.8 Å². The first-order valence-electron chi connectivity index (χ1n) is 25.5. The number of esters is 3. The molecular weight excluding hydrogens is 1070 g/mol. The number of hydrazone groups is 1. The van der Waals surface area contributed by atoms with Gasteiger partial charge >= 0.3 is 17.9 Å². The highest BCUT2D eigenvalue weighted by Crippen LogP contribution is 2.40. The standard InChI is InChI=1S/C23H32N2O4.C16H18Cl2N2O4.C16H17N3O5S/c1-7-16-13-15(3)14-17(8-2)18(16)19-20(26)24-9-11-28-12-10-25(24)21(19)29-22(27)23(4,5)6;1-4-23-14(21)12-9-16(3,15(22)24-5-2)20(19-12)13-7-6-10(17)8-11(13)18;1-9-10(15(20)11-8-17-19(2)16(11)21)4-5-13(25(3,22)23)14(9)12-6-7-24-18-12/h13-14H,7-12H2,1-6H3;6-8H,4-5,9H2,1-3H3;4-5,8,21H,6-7H2,1-3H3. The summed E-state index contributed by atoms with van der Waals surface area (Å²) in [6, 6.07) is 11.9. The molecule has 23 heteroatoms. The van der Waals surface area contributed by atoms with Crippen LogP contribution in [0.2, 0.25) is 10.0 Å². The normalized spacial score (nSPS) is 16.1. The van der Waals surface area contributed by atoms with Gasteiger partial charge in [0.2, 0.25) is 11.8 Å². The molecular formula is C55H67Cl2N7O13S. The van der Waals surface area contributed by atoms with E-state index in [9.17, 15) is 37.5 Å². The highest BCUT2D eigenvalue weighted by Gasteiger charge is 2.49. The molecule has 0 saturated heterocycles. The second-order valence-electron chi connectivity index (χ2n) is 19.8. The van der Waals surface area contributed by atoms with E-state index in [4.69, 9.17) is 47.0 Å². The van der Waals surface area contributed by atoms with Crippen molar-refractivity contribution in [3.63, 3.8) is 0 Å². The number of hydrogen-bond acceptors (Lipinski definition) is 17. The lowest BCUT2D eigenvalue weighted by atomic mass is 9.91. The Labute approximate surface area is 463 Å². The molecule has 1 unspecified atom stereocenters. The Morgan fingerprint density at radius 2 is 1.50 bits per heavy atom. The number of ketones is 1. The van der Waals surface area contributed by atoms with Crippen LogP contribution in [-0.4, -0.2) is 113 Å². The molecule has 0 fully saturated rings. The first kappa shape index (κ1) is 60.4. The largest absolute Gasteiger partial charge is 0.493 e. The molecule has 5 heterocycles. The zero-order chi connectivity index (χ0) is 57.6. The number of halogens is 2. The Kier molecular flexibility index (Phi) is 19.3. The molecule has 8 rings (SSSR count). The summed E-state index contributed by atoms with van der Waals surface area (Å²) in [5.41, 5.74) is 5.05. The van der Waals surface area contributed by atoms with E-state index in [0.29, 0.717) is 83.3 Å². The van der Waals surface area contributed by atoms with Crippen LogP contribution in [-0.2, 0) is 76.2 Å². The predicted molar refractivity (Wildman–Crippen MR) is 296 cm³/mol. The second-order valence-corrected chi connectivity index (χ2v) is 22.7. The van der Waals surface area contributed by atoms with E-state index in [1.54, 1.807) is 55.3 Å². The molecule has 0 bridgehead atoms. The average Bonchev–Trinajstić information content (AvgIpc) is 4.29. The molecule has 420 valence electrons. The van der Waals surface area contributed by atoms with Crippen molar-refractivity contribution in [2.45, 2.75) is 118 Å². The van der Waals surface area contributed by atoms with Gasteiger partial charge in [0.05, 0.1) is 72.4 Å². The number of nitrogens with zero attached hydrogens (tertiary/aromatic N) is 7. The summed E-state index contributed by atoms with van der Waals surface area (Å²) in [7, 11) is -2.00. The molecule has 20 nitrogen and oxygen atoms in total. The topological polar surface area (TPSA) is 242 Å². The Morgan fingerprint density at radius 3 is 2.04 bits per heavy atom. The van der Waals surface area contributed by atoms with Crippen molar-refractivity contribution in [1.29, 1.82) is 0 Å². The molecule has 0 spiro atoms. The third-order valence-corrected chi connectivity index (χ3v) is 14.7. The number of hydrogen-bond donors (Lipinski definition) is 1. The molecule has 3 aromatic carbocycles. The smallest absolute Gasteiger partial charge is 0.354 e. The Morgan fingerprint density at radius 1 is 0.859 bits per heavy atom. The van der Waals surface area contributed by atoms with E-state index >= 15 is 0 Å². The van der Waals surface area contributed by atoms with Gasteiger partial charge in [-0.25, -0.2) is 37.1 Å². The Balaban J connectivity index is 0.000000190. The fourth-order valence-electron chi connectivity index (χ4n) is 9.03. The number of aryl methyl sites for hydroxylation is 4. The zero-order valence-electron chi connectivity index (χ0n) is 46.0. The zero-order valence-corrected chi connectivity index (χ0v) is 48.4. The van der Waals surface area contributed by atoms with Gasteiger partial charge in [-0.15, -0.1) is 0 Å². The minimum atomic E-state index is -3.52. The minimum absolute atomic E-state index is 0.0493. The molecule has 0 amide bonds. The molecule has 3 aliphatic rings. The first-order valence-corrected chi connectivity index (χ1v) is 28.1. The quantitative estimate of drug-likeness (QED) is 0.0860. The van der Waals surface area contributed by atoms with Crippen molar-refractivity contribution in [3.05, 3.63) is 108 Å². The third-order valence-electron chi connectivity index (χ3n) is 13.0. The molecule has 1 N–H and O–H groups in total. The maximum absolute atomic E-state index is 13.5. The molecule has 5 aromatic rings. The number of ether oxygens (including phenoxy) is 4. The van der Waals surface area contributed by atoms with Crippen LogP contribution >= 0.6 is 23.2 Å². The van der Waals surface area contributed by atoms with Crippen LogP contribution in [0.3, 0.4) is 0 Å². The van der Waals surface area contributed by atoms with Crippen molar-refractivity contribution in [2.24, 2.45) is 22.7 Å². The van der Waals surface area contributed by atoms with Crippen LogP contribution in [0.25, 0.3) is 11.1 Å². The maximum Gasteiger partial charge on any atom is 0.354 e. The Hall–Kier alpha value is -6.81. The van der Waals surface area contributed by atoms with Crippen LogP contribution < -0.4 is 15.3 Å². The van der Waals surface area contributed by atoms with Crippen molar-refractivity contribution < 1.29 is 56.5 Å². The van der Waals surface area contributed by atoms with Crippen LogP contribution in [0.1, 0.15) is 112 Å². The van der Waals surface area contributed by atoms with Crippen molar-refractivity contribution in [3.8, 4) is 22.9 Å². The molecule has 0 radical (unpaired) electrons. The number of aromatic hydroxyl groups is 1. The van der Waals surface area contributed by atoms with Crippen molar-refractivity contribution in [1.82, 2.24) is 19.1 Å². The van der Waals surface area contributed by atoms with Gasteiger partial charge in [-0.2, -0.15) is 10.2 Å². The number of sulfone groups is 1. The number of carbonyl (C=O) groups is 4. The van der Waals surface area contributed by atoms with E-state index < -0.39 is 38.5 Å². The molecule has 2 aromatic heterocycles. The SMILES string of the molecule is CCOC(=O)C1=NN(c2ccc(Cl)cc2Cl)C(C)(C(=O)OCC)C1.CCc1cc(C)cc(CC)c1-c1c(OC(=O)C(C)(C)C)n2n(c1=O)CCOCC2.Cc1c(C(=O)c2cnn(C)c2O)ccc(S(C)(=O)=O)c1C1=NOCC1. The van der Waals surface area contributed by atoms with Crippen LogP contribution in [0.5, 0.6) is 11.8 Å². The van der Waals surface area contributed by atoms with E-state index in [1.165, 1.54) is 40.6 Å². The lowest BCUT2D eigenvalue weighted by Crippen LogP contribution is -2.48. The first-order chi connectivity index (χ1) is 36.7. The lowest BCUT2D eigenvalue weighted by molar-refractivity contribution is -0.148. The summed E-state index contributed by atoms with van der Waals surface area (Å²) in [6.45, 7) is 21.0. The number of fused-ring (bicyclic) bond motifs is 1. The lowest BCUT2D eigenvalue weighted by Gasteiger charge is -2.32. The number of oxime groups is 1. The number of benzene rings is 3. The molecule has 78 heavy (non-hydrogen) atoms. The van der Waals surface area contributed by atoms with Crippen molar-refractivity contribution in [2.75, 3.05) is 44.3 Å². The summed E-state index contributed by atoms with van der Waals surface area (Å²) in [5, 5.41) is 24.2. The van der Waals surface area contributed by atoms with E-state index in [2.05, 4.69) is 48.3 Å². The van der Waals surface area contributed by atoms with Crippen LogP contribution in [0.4, 0.5) is 5.69 Å². The summed E-state index contributed by atoms with van der Waals surface area (Å²) in [4.78, 5) is 68.7. The average molecular weight is 1140 g/mol. The number of rotatable bonds is 13. The van der Waals surface area contributed by atoms with Crippen molar-refractivity contribution >= 4 is 73.8 Å². The molecule has 0 aliphatic carbocycles. The number of aromatic nitrogens is 4. The summed E-state index contributed by atoms with van der Waals surface area (Å²) >= 11 is 12.2. The predicted octanol–water partition coefficient (Wildman–Crippen LogP) is 8.37. The van der Waals surface area contributed by atoms with Gasteiger partial charge in [-0.3, -0.25) is 14.4 Å². The van der Waals surface area contributed by atoms with E-state index in [1.807, 2.05) is 20.8 Å². The molecule has 0 saturated carbocycles. The van der Waals surface area contributed by atoms with Gasteiger partial charge in [0.15, 0.2) is 21.2 Å². The highest BCUT2D eigenvalue weighted by molar-refractivity contribution is 7.90. The second kappa shape index (κ2) is 24.9. The Bertz CT molecular complexity index is 3350. The fourth-order valence-corrected chi connectivity index (χ4v) is 10.5. The van der Waals surface area contributed by atoms with Crippen LogP contribution in [0, 0.1) is 19.3 Å². The summed E-state index contributed by atoms with van der Waals surface area (Å²) in [5.74, 6) is -1.77. The number of carbonyl (C=O) groups excluding carboxylic acids is 4. The van der Waals surface area contributed by atoms with Gasteiger partial charge in [-0.1, -0.05) is 59.9 Å². The highest BCUT2D eigenvalue weighted by atomic mass is 35.5. The van der Waals surface area contributed by atoms with Gasteiger partial charge in [0, 0.05) is 42.3 Å². The van der Waals surface area contributed by atoms with Gasteiger partial charge in [-0.05, 0) is 121 Å².